The Balaban J connectivity index is 2.30. The van der Waals surface area contributed by atoms with E-state index in [1.165, 1.54) is 0 Å². The van der Waals surface area contributed by atoms with Crippen LogP contribution >= 0.6 is 27.7 Å². The number of thioether (sulfide) groups is 1. The van der Waals surface area contributed by atoms with Crippen molar-refractivity contribution < 1.29 is 4.74 Å². The Labute approximate surface area is 142 Å². The molecule has 0 fully saturated rings. The highest BCUT2D eigenvalue weighted by molar-refractivity contribution is 9.10. The molecule has 3 rings (SSSR count). The summed E-state index contributed by atoms with van der Waals surface area (Å²) >= 11 is 5.47. The predicted octanol–water partition coefficient (Wildman–Crippen LogP) is 4.11. The highest BCUT2D eigenvalue weighted by Gasteiger charge is 2.18. The zero-order valence-electron chi connectivity index (χ0n) is 12.7. The van der Waals surface area contributed by atoms with E-state index in [-0.39, 0.29) is 6.04 Å². The molecule has 2 N–H and O–H groups in total. The van der Waals surface area contributed by atoms with Gasteiger partial charge in [0.25, 0.3) is 0 Å². The van der Waals surface area contributed by atoms with Crippen molar-refractivity contribution in [3.63, 3.8) is 0 Å². The number of aromatic nitrogens is 2. The quantitative estimate of drug-likeness (QED) is 0.700. The molecule has 0 bridgehead atoms. The molecule has 4 nitrogen and oxygen atoms in total. The Morgan fingerprint density at radius 3 is 2.91 bits per heavy atom. The third kappa shape index (κ3) is 2.49. The molecule has 6 heteroatoms. The van der Waals surface area contributed by atoms with Crippen molar-refractivity contribution in [1.29, 1.82) is 0 Å². The van der Waals surface area contributed by atoms with Gasteiger partial charge in [-0.1, -0.05) is 0 Å². The topological polar surface area (TPSA) is 49.9 Å². The van der Waals surface area contributed by atoms with Crippen LogP contribution < -0.4 is 10.1 Å². The van der Waals surface area contributed by atoms with Crippen molar-refractivity contribution in [3.8, 4) is 5.75 Å². The van der Waals surface area contributed by atoms with E-state index in [2.05, 4.69) is 37.5 Å². The van der Waals surface area contributed by atoms with E-state index in [0.29, 0.717) is 0 Å². The van der Waals surface area contributed by atoms with Crippen LogP contribution in [0.2, 0.25) is 0 Å². The van der Waals surface area contributed by atoms with Gasteiger partial charge in [0.1, 0.15) is 5.75 Å². The van der Waals surface area contributed by atoms with E-state index < -0.39 is 0 Å². The van der Waals surface area contributed by atoms with Crippen LogP contribution in [-0.4, -0.2) is 36.1 Å². The Hall–Kier alpha value is -1.24. The fraction of sp³-hybridized carbons (Fsp3) is 0.312. The normalized spacial score (nSPS) is 12.9. The number of benzene rings is 1. The fourth-order valence-corrected chi connectivity index (χ4v) is 4.14. The predicted molar refractivity (Wildman–Crippen MR) is 98.0 cm³/mol. The summed E-state index contributed by atoms with van der Waals surface area (Å²) in [5, 5.41) is 5.65. The number of ether oxygens (including phenoxy) is 1. The maximum absolute atomic E-state index is 5.42. The smallest absolute Gasteiger partial charge is 0.133 e. The van der Waals surface area contributed by atoms with E-state index >= 15 is 0 Å². The van der Waals surface area contributed by atoms with Crippen LogP contribution in [0.1, 0.15) is 11.7 Å². The molecule has 2 heterocycles. The number of pyridine rings is 1. The summed E-state index contributed by atoms with van der Waals surface area (Å²) in [5.41, 5.74) is 3.21. The van der Waals surface area contributed by atoms with Crippen molar-refractivity contribution in [1.82, 2.24) is 15.3 Å². The summed E-state index contributed by atoms with van der Waals surface area (Å²) < 4.78 is 6.39. The van der Waals surface area contributed by atoms with Gasteiger partial charge in [0.15, 0.2) is 0 Å². The summed E-state index contributed by atoms with van der Waals surface area (Å²) in [5.74, 6) is 1.81. The lowest BCUT2D eigenvalue weighted by molar-refractivity contribution is 0.413. The van der Waals surface area contributed by atoms with Gasteiger partial charge in [0, 0.05) is 28.2 Å². The minimum atomic E-state index is 0.215. The van der Waals surface area contributed by atoms with Gasteiger partial charge in [-0.15, -0.1) is 0 Å². The maximum atomic E-state index is 5.42. The number of H-pyrrole nitrogens is 1. The van der Waals surface area contributed by atoms with Crippen LogP contribution in [0.5, 0.6) is 5.75 Å². The molecule has 22 heavy (non-hydrogen) atoms. The molecule has 1 atom stereocenters. The number of fused-ring (bicyclic) bond motifs is 3. The number of hydrogen-bond donors (Lipinski definition) is 2. The highest BCUT2D eigenvalue weighted by atomic mass is 79.9. The Morgan fingerprint density at radius 2 is 2.23 bits per heavy atom. The zero-order chi connectivity index (χ0) is 15.7. The van der Waals surface area contributed by atoms with Crippen molar-refractivity contribution in [3.05, 3.63) is 34.6 Å². The summed E-state index contributed by atoms with van der Waals surface area (Å²) in [4.78, 5) is 8.13. The van der Waals surface area contributed by atoms with Crippen LogP contribution in [0.3, 0.4) is 0 Å². The second kappa shape index (κ2) is 6.48. The second-order valence-corrected chi connectivity index (χ2v) is 6.75. The van der Waals surface area contributed by atoms with Gasteiger partial charge in [0.2, 0.25) is 0 Å². The molecule has 0 radical (unpaired) electrons. The number of rotatable bonds is 5. The molecule has 0 saturated heterocycles. The Bertz CT molecular complexity index is 818. The molecule has 1 aromatic carbocycles. The average molecular weight is 380 g/mol. The van der Waals surface area contributed by atoms with Gasteiger partial charge in [-0.3, -0.25) is 4.98 Å². The summed E-state index contributed by atoms with van der Waals surface area (Å²) in [6, 6.07) is 6.28. The van der Waals surface area contributed by atoms with Gasteiger partial charge in [0.05, 0.1) is 28.8 Å². The Morgan fingerprint density at radius 1 is 1.41 bits per heavy atom. The zero-order valence-corrected chi connectivity index (χ0v) is 15.1. The number of halogens is 1. The third-order valence-corrected chi connectivity index (χ3v) is 5.30. The van der Waals surface area contributed by atoms with Gasteiger partial charge in [-0.25, -0.2) is 0 Å². The van der Waals surface area contributed by atoms with E-state index in [0.717, 1.165) is 43.5 Å². The number of nitrogens with one attached hydrogen (secondary N) is 2. The molecule has 0 aliphatic heterocycles. The third-order valence-electron chi connectivity index (χ3n) is 3.85. The largest absolute Gasteiger partial charge is 0.496 e. The molecule has 0 amide bonds. The SMILES string of the molecule is CNC(CSC)c1nccc2c1[nH]c1ccc(OC)c(Br)c12. The lowest BCUT2D eigenvalue weighted by Gasteiger charge is -2.14. The number of aromatic amines is 1. The first-order valence-corrected chi connectivity index (χ1v) is 9.19. The highest BCUT2D eigenvalue weighted by Crippen LogP contribution is 2.38. The molecule has 0 aliphatic carbocycles. The first-order valence-electron chi connectivity index (χ1n) is 7.00. The fourth-order valence-electron chi connectivity index (χ4n) is 2.76. The van der Waals surface area contributed by atoms with Crippen molar-refractivity contribution in [2.75, 3.05) is 26.2 Å². The van der Waals surface area contributed by atoms with Crippen LogP contribution in [-0.2, 0) is 0 Å². The van der Waals surface area contributed by atoms with Crippen LogP contribution in [0.15, 0.2) is 28.9 Å². The number of hydrogen-bond acceptors (Lipinski definition) is 4. The van der Waals surface area contributed by atoms with Gasteiger partial charge < -0.3 is 15.0 Å². The van der Waals surface area contributed by atoms with E-state index in [9.17, 15) is 0 Å². The lowest BCUT2D eigenvalue weighted by atomic mass is 10.1. The van der Waals surface area contributed by atoms with Crippen molar-refractivity contribution in [2.24, 2.45) is 0 Å². The van der Waals surface area contributed by atoms with Gasteiger partial charge in [-0.2, -0.15) is 11.8 Å². The van der Waals surface area contributed by atoms with Crippen LogP contribution in [0.4, 0.5) is 0 Å². The minimum Gasteiger partial charge on any atom is -0.496 e. The minimum absolute atomic E-state index is 0.215. The van der Waals surface area contributed by atoms with Gasteiger partial charge in [-0.05, 0) is 47.4 Å². The molecule has 0 aliphatic rings. The molecule has 3 aromatic rings. The van der Waals surface area contributed by atoms with Crippen LogP contribution in [0.25, 0.3) is 21.8 Å². The van der Waals surface area contributed by atoms with E-state index in [1.807, 2.05) is 43.2 Å². The standard InChI is InChI=1S/C16H18BrN3OS/c1-18-11(8-22-3)16-15-9(6-7-19-16)13-10(20-15)4-5-12(21-2)14(13)17/h4-7,11,18,20H,8H2,1-3H3. The number of methoxy groups -OCH3 is 1. The number of nitrogens with zero attached hydrogens (tertiary/aromatic N) is 1. The van der Waals surface area contributed by atoms with Crippen molar-refractivity contribution >= 4 is 49.5 Å². The summed E-state index contributed by atoms with van der Waals surface area (Å²) in [7, 11) is 3.66. The van der Waals surface area contributed by atoms with E-state index in [4.69, 9.17) is 4.74 Å². The second-order valence-electron chi connectivity index (χ2n) is 5.04. The molecular weight excluding hydrogens is 362 g/mol. The first kappa shape index (κ1) is 15.6. The van der Waals surface area contributed by atoms with Crippen molar-refractivity contribution in [2.45, 2.75) is 6.04 Å². The van der Waals surface area contributed by atoms with Crippen LogP contribution in [0, 0.1) is 0 Å². The summed E-state index contributed by atoms with van der Waals surface area (Å²) in [6.45, 7) is 0. The average Bonchev–Trinajstić information content (AvgIpc) is 2.92. The molecule has 0 saturated carbocycles. The molecule has 2 aromatic heterocycles. The lowest BCUT2D eigenvalue weighted by Crippen LogP contribution is -2.20. The maximum Gasteiger partial charge on any atom is 0.133 e. The van der Waals surface area contributed by atoms with E-state index in [1.54, 1.807) is 7.11 Å². The van der Waals surface area contributed by atoms with Gasteiger partial charge >= 0.3 is 0 Å². The molecule has 1 unspecified atom stereocenters. The molecule has 0 spiro atoms. The first-order chi connectivity index (χ1) is 10.7. The monoisotopic (exact) mass is 379 g/mol. The summed E-state index contributed by atoms with van der Waals surface area (Å²) in [6.07, 6.45) is 3.98. The Kier molecular flexibility index (Phi) is 4.61. The molecule has 116 valence electrons. The molecular formula is C16H18BrN3OS.